The zero-order valence-corrected chi connectivity index (χ0v) is 13.1. The van der Waals surface area contributed by atoms with Crippen LogP contribution in [0.4, 0.5) is 0 Å². The molecule has 4 atom stereocenters. The highest BCUT2D eigenvalue weighted by atomic mass is 16.2. The molecule has 1 aromatic rings. The van der Waals surface area contributed by atoms with Crippen LogP contribution in [-0.4, -0.2) is 23.4 Å². The second kappa shape index (κ2) is 6.18. The van der Waals surface area contributed by atoms with E-state index in [0.29, 0.717) is 5.92 Å². The first-order valence-electron chi connectivity index (χ1n) is 8.26. The molecule has 0 radical (unpaired) electrons. The number of benzene rings is 1. The Kier molecular flexibility index (Phi) is 4.29. The topological polar surface area (TPSA) is 32.3 Å². The van der Waals surface area contributed by atoms with Crippen molar-refractivity contribution in [2.45, 2.75) is 51.7 Å². The maximum absolute atomic E-state index is 12.5. The van der Waals surface area contributed by atoms with E-state index in [-0.39, 0.29) is 18.1 Å². The van der Waals surface area contributed by atoms with Crippen LogP contribution >= 0.6 is 0 Å². The fourth-order valence-electron chi connectivity index (χ4n) is 3.88. The smallest absolute Gasteiger partial charge is 0.241 e. The van der Waals surface area contributed by atoms with Crippen LogP contribution in [0, 0.1) is 11.8 Å². The summed E-state index contributed by atoms with van der Waals surface area (Å²) in [6.07, 6.45) is 5.24. The van der Waals surface area contributed by atoms with Gasteiger partial charge in [0.05, 0.1) is 6.04 Å². The summed E-state index contributed by atoms with van der Waals surface area (Å²) in [5.41, 5.74) is 1.19. The van der Waals surface area contributed by atoms with Gasteiger partial charge in [-0.1, -0.05) is 50.1 Å². The van der Waals surface area contributed by atoms with Crippen LogP contribution in [-0.2, 0) is 4.79 Å². The molecule has 3 nitrogen and oxygen atoms in total. The molecule has 1 aliphatic carbocycles. The number of nitrogens with zero attached hydrogens (tertiary/aromatic N) is 1. The Hall–Kier alpha value is -1.35. The third kappa shape index (κ3) is 3.13. The number of hydrogen-bond donors (Lipinski definition) is 1. The summed E-state index contributed by atoms with van der Waals surface area (Å²) in [7, 11) is 0. The lowest BCUT2D eigenvalue weighted by Crippen LogP contribution is -2.36. The predicted octanol–water partition coefficient (Wildman–Crippen LogP) is 3.33. The Morgan fingerprint density at radius 1 is 1.19 bits per heavy atom. The molecule has 0 spiro atoms. The van der Waals surface area contributed by atoms with Crippen molar-refractivity contribution < 1.29 is 4.79 Å². The highest BCUT2D eigenvalue weighted by Gasteiger charge is 2.38. The number of rotatable bonds is 3. The Labute approximate surface area is 127 Å². The summed E-state index contributed by atoms with van der Waals surface area (Å²) in [6.45, 7) is 5.22. The zero-order chi connectivity index (χ0) is 14.8. The lowest BCUT2D eigenvalue weighted by Gasteiger charge is -2.33. The van der Waals surface area contributed by atoms with Crippen molar-refractivity contribution in [1.29, 1.82) is 0 Å². The SMILES string of the molecule is CC1CCCC(CN2C(=O)C(C)NC2c2ccccc2)C1. The summed E-state index contributed by atoms with van der Waals surface area (Å²) in [5.74, 6) is 1.72. The molecular weight excluding hydrogens is 260 g/mol. The third-order valence-electron chi connectivity index (χ3n) is 4.99. The maximum Gasteiger partial charge on any atom is 0.241 e. The van der Waals surface area contributed by atoms with Crippen LogP contribution in [0.1, 0.15) is 51.3 Å². The van der Waals surface area contributed by atoms with Gasteiger partial charge in [-0.05, 0) is 37.2 Å². The van der Waals surface area contributed by atoms with E-state index in [1.807, 2.05) is 25.1 Å². The van der Waals surface area contributed by atoms with E-state index in [4.69, 9.17) is 0 Å². The van der Waals surface area contributed by atoms with Gasteiger partial charge in [0.2, 0.25) is 5.91 Å². The molecule has 0 aromatic heterocycles. The summed E-state index contributed by atoms with van der Waals surface area (Å²) in [6, 6.07) is 10.3. The zero-order valence-electron chi connectivity index (χ0n) is 13.1. The van der Waals surface area contributed by atoms with E-state index in [0.717, 1.165) is 12.5 Å². The minimum absolute atomic E-state index is 0.0472. The summed E-state index contributed by atoms with van der Waals surface area (Å²) < 4.78 is 0. The molecule has 1 aromatic carbocycles. The highest BCUT2D eigenvalue weighted by Crippen LogP contribution is 2.33. The van der Waals surface area contributed by atoms with Crippen LogP contribution in [0.25, 0.3) is 0 Å². The molecule has 2 fully saturated rings. The summed E-state index contributed by atoms with van der Waals surface area (Å²) >= 11 is 0. The van der Waals surface area contributed by atoms with Gasteiger partial charge in [-0.25, -0.2) is 0 Å². The van der Waals surface area contributed by atoms with Crippen molar-refractivity contribution in [2.75, 3.05) is 6.54 Å². The van der Waals surface area contributed by atoms with Gasteiger partial charge in [0.25, 0.3) is 0 Å². The van der Waals surface area contributed by atoms with Gasteiger partial charge >= 0.3 is 0 Å². The van der Waals surface area contributed by atoms with Crippen LogP contribution in [0.5, 0.6) is 0 Å². The minimum atomic E-state index is -0.0729. The van der Waals surface area contributed by atoms with Crippen molar-refractivity contribution in [3.8, 4) is 0 Å². The molecule has 1 aliphatic heterocycles. The van der Waals surface area contributed by atoms with Crippen molar-refractivity contribution in [3.05, 3.63) is 35.9 Å². The Balaban J connectivity index is 1.75. The Bertz CT molecular complexity index is 487. The van der Waals surface area contributed by atoms with Gasteiger partial charge in [-0.2, -0.15) is 0 Å². The second-order valence-corrected chi connectivity index (χ2v) is 6.83. The van der Waals surface area contributed by atoms with Gasteiger partial charge in [-0.3, -0.25) is 10.1 Å². The third-order valence-corrected chi connectivity index (χ3v) is 4.99. The molecule has 3 rings (SSSR count). The van der Waals surface area contributed by atoms with E-state index in [1.165, 1.54) is 31.2 Å². The number of carbonyl (C=O) groups excluding carboxylic acids is 1. The lowest BCUT2D eigenvalue weighted by molar-refractivity contribution is -0.130. The molecule has 1 heterocycles. The molecule has 3 heteroatoms. The quantitative estimate of drug-likeness (QED) is 0.924. The molecule has 21 heavy (non-hydrogen) atoms. The van der Waals surface area contributed by atoms with Crippen molar-refractivity contribution in [3.63, 3.8) is 0 Å². The maximum atomic E-state index is 12.5. The monoisotopic (exact) mass is 286 g/mol. The largest absolute Gasteiger partial charge is 0.321 e. The minimum Gasteiger partial charge on any atom is -0.321 e. The van der Waals surface area contributed by atoms with E-state index in [2.05, 4.69) is 29.3 Å². The van der Waals surface area contributed by atoms with Gasteiger partial charge in [-0.15, -0.1) is 0 Å². The van der Waals surface area contributed by atoms with Gasteiger partial charge in [0.15, 0.2) is 0 Å². The molecule has 0 bridgehead atoms. The van der Waals surface area contributed by atoms with Crippen LogP contribution in [0.3, 0.4) is 0 Å². The average Bonchev–Trinajstić information content (AvgIpc) is 2.77. The first-order chi connectivity index (χ1) is 10.1. The van der Waals surface area contributed by atoms with E-state index in [1.54, 1.807) is 0 Å². The number of carbonyl (C=O) groups is 1. The molecular formula is C18H26N2O. The standard InChI is InChI=1S/C18H26N2O/c1-13-7-6-8-15(11-13)12-20-17(19-14(2)18(20)21)16-9-4-3-5-10-16/h3-5,9-10,13-15,17,19H,6-8,11-12H2,1-2H3. The predicted molar refractivity (Wildman–Crippen MR) is 84.6 cm³/mol. The molecule has 2 aliphatic rings. The first kappa shape index (κ1) is 14.6. The van der Waals surface area contributed by atoms with E-state index in [9.17, 15) is 4.79 Å². The average molecular weight is 286 g/mol. The van der Waals surface area contributed by atoms with Crippen molar-refractivity contribution in [1.82, 2.24) is 10.2 Å². The molecule has 114 valence electrons. The molecule has 1 amide bonds. The second-order valence-electron chi connectivity index (χ2n) is 6.83. The van der Waals surface area contributed by atoms with Gasteiger partial charge in [0, 0.05) is 6.54 Å². The lowest BCUT2D eigenvalue weighted by atomic mass is 9.82. The number of nitrogens with one attached hydrogen (secondary N) is 1. The molecule has 1 N–H and O–H groups in total. The highest BCUT2D eigenvalue weighted by molar-refractivity contribution is 5.84. The Morgan fingerprint density at radius 2 is 1.95 bits per heavy atom. The molecule has 1 saturated carbocycles. The van der Waals surface area contributed by atoms with E-state index >= 15 is 0 Å². The van der Waals surface area contributed by atoms with Crippen LogP contribution in [0.2, 0.25) is 0 Å². The fourth-order valence-corrected chi connectivity index (χ4v) is 3.88. The van der Waals surface area contributed by atoms with Gasteiger partial charge in [0.1, 0.15) is 6.17 Å². The normalized spacial score (nSPS) is 33.4. The van der Waals surface area contributed by atoms with Crippen molar-refractivity contribution in [2.24, 2.45) is 11.8 Å². The number of hydrogen-bond acceptors (Lipinski definition) is 2. The van der Waals surface area contributed by atoms with Crippen molar-refractivity contribution >= 4 is 5.91 Å². The fraction of sp³-hybridized carbons (Fsp3) is 0.611. The molecule has 4 unspecified atom stereocenters. The number of amides is 1. The first-order valence-corrected chi connectivity index (χ1v) is 8.26. The molecule has 1 saturated heterocycles. The summed E-state index contributed by atoms with van der Waals surface area (Å²) in [4.78, 5) is 14.6. The van der Waals surface area contributed by atoms with Crippen LogP contribution < -0.4 is 5.32 Å². The van der Waals surface area contributed by atoms with E-state index < -0.39 is 0 Å². The van der Waals surface area contributed by atoms with Crippen LogP contribution in [0.15, 0.2) is 30.3 Å². The summed E-state index contributed by atoms with van der Waals surface area (Å²) in [5, 5.41) is 3.45. The Morgan fingerprint density at radius 3 is 2.67 bits per heavy atom. The van der Waals surface area contributed by atoms with Gasteiger partial charge < -0.3 is 4.90 Å².